The Hall–Kier alpha value is -3.81. The van der Waals surface area contributed by atoms with Gasteiger partial charge in [-0.2, -0.15) is 0 Å². The number of aryl methyl sites for hydroxylation is 1. The van der Waals surface area contributed by atoms with Gasteiger partial charge in [-0.05, 0) is 23.8 Å². The van der Waals surface area contributed by atoms with Crippen LogP contribution in [0.1, 0.15) is 28.4 Å². The number of fused-ring (bicyclic) bond motifs is 1. The number of amides is 1. The highest BCUT2D eigenvalue weighted by Crippen LogP contribution is 2.31. The zero-order valence-electron chi connectivity index (χ0n) is 17.8. The van der Waals surface area contributed by atoms with Gasteiger partial charge in [0.15, 0.2) is 11.5 Å². The van der Waals surface area contributed by atoms with E-state index >= 15 is 0 Å². The number of hydrogen-bond acceptors (Lipinski definition) is 6. The average molecular weight is 424 g/mol. The normalized spacial score (nSPS) is 11.6. The molecule has 0 bridgehead atoms. The standard InChI is InChI=1S/C23H24N2O6/c1-25-18-8-6-5-7-15(18)16(12-21(25)26)23(28)24-17(13-22(27)31-4)14-9-10-19(29-2)20(11-14)30-3/h5-12,17H,13H2,1-4H3,(H,24,28). The van der Waals surface area contributed by atoms with Crippen molar-refractivity contribution >= 4 is 22.8 Å². The lowest BCUT2D eigenvalue weighted by Gasteiger charge is -2.20. The van der Waals surface area contributed by atoms with Crippen LogP contribution < -0.4 is 20.3 Å². The minimum Gasteiger partial charge on any atom is -0.493 e. The fourth-order valence-corrected chi connectivity index (χ4v) is 3.41. The molecule has 162 valence electrons. The van der Waals surface area contributed by atoms with Gasteiger partial charge in [0.1, 0.15) is 0 Å². The summed E-state index contributed by atoms with van der Waals surface area (Å²) < 4.78 is 16.9. The molecule has 1 atom stereocenters. The lowest BCUT2D eigenvalue weighted by Crippen LogP contribution is -2.32. The van der Waals surface area contributed by atoms with Crippen molar-refractivity contribution in [2.75, 3.05) is 21.3 Å². The molecular weight excluding hydrogens is 400 g/mol. The number of aromatic nitrogens is 1. The molecule has 0 spiro atoms. The van der Waals surface area contributed by atoms with E-state index in [2.05, 4.69) is 5.32 Å². The number of hydrogen-bond donors (Lipinski definition) is 1. The van der Waals surface area contributed by atoms with Crippen LogP contribution in [0, 0.1) is 0 Å². The maximum absolute atomic E-state index is 13.2. The Morgan fingerprint density at radius 2 is 1.71 bits per heavy atom. The van der Waals surface area contributed by atoms with Gasteiger partial charge in [0.2, 0.25) is 0 Å². The summed E-state index contributed by atoms with van der Waals surface area (Å²) in [5, 5.41) is 3.49. The van der Waals surface area contributed by atoms with Gasteiger partial charge < -0.3 is 24.1 Å². The fourth-order valence-electron chi connectivity index (χ4n) is 3.41. The molecule has 31 heavy (non-hydrogen) atoms. The molecule has 0 fully saturated rings. The topological polar surface area (TPSA) is 95.9 Å². The van der Waals surface area contributed by atoms with Crippen LogP contribution in [-0.4, -0.2) is 37.8 Å². The maximum Gasteiger partial charge on any atom is 0.307 e. The third-order valence-electron chi connectivity index (χ3n) is 5.11. The van der Waals surface area contributed by atoms with Gasteiger partial charge in [-0.1, -0.05) is 24.3 Å². The Balaban J connectivity index is 2.02. The number of carbonyl (C=O) groups is 2. The largest absolute Gasteiger partial charge is 0.493 e. The lowest BCUT2D eigenvalue weighted by atomic mass is 10.0. The molecule has 1 amide bonds. The van der Waals surface area contributed by atoms with E-state index in [4.69, 9.17) is 14.2 Å². The smallest absolute Gasteiger partial charge is 0.307 e. The van der Waals surface area contributed by atoms with Crippen molar-refractivity contribution in [1.82, 2.24) is 9.88 Å². The number of benzene rings is 2. The predicted octanol–water partition coefficient (Wildman–Crippen LogP) is 2.59. The van der Waals surface area contributed by atoms with Crippen molar-refractivity contribution < 1.29 is 23.8 Å². The van der Waals surface area contributed by atoms with Gasteiger partial charge in [-0.25, -0.2) is 0 Å². The molecule has 0 radical (unpaired) electrons. The highest BCUT2D eigenvalue weighted by molar-refractivity contribution is 6.06. The summed E-state index contributed by atoms with van der Waals surface area (Å²) in [6.07, 6.45) is -0.0967. The number of rotatable bonds is 7. The minimum absolute atomic E-state index is 0.0967. The molecule has 3 rings (SSSR count). The monoisotopic (exact) mass is 424 g/mol. The zero-order chi connectivity index (χ0) is 22.5. The number of esters is 1. The highest BCUT2D eigenvalue weighted by Gasteiger charge is 2.23. The Morgan fingerprint density at radius 3 is 2.39 bits per heavy atom. The molecule has 0 saturated carbocycles. The van der Waals surface area contributed by atoms with Gasteiger partial charge in [0, 0.05) is 18.5 Å². The summed E-state index contributed by atoms with van der Waals surface area (Å²) in [5.41, 5.74) is 1.19. The molecule has 0 saturated heterocycles. The minimum atomic E-state index is -0.706. The number of carbonyl (C=O) groups excluding carboxylic acids is 2. The number of methoxy groups -OCH3 is 3. The molecule has 1 heterocycles. The van der Waals surface area contributed by atoms with Gasteiger partial charge in [-0.3, -0.25) is 14.4 Å². The summed E-state index contributed by atoms with van der Waals surface area (Å²) in [6.45, 7) is 0. The number of nitrogens with one attached hydrogen (secondary N) is 1. The molecular formula is C23H24N2O6. The number of pyridine rings is 1. The van der Waals surface area contributed by atoms with Crippen molar-refractivity contribution in [1.29, 1.82) is 0 Å². The van der Waals surface area contributed by atoms with Crippen molar-refractivity contribution in [2.24, 2.45) is 7.05 Å². The summed E-state index contributed by atoms with van der Waals surface area (Å²) in [7, 11) is 5.95. The van der Waals surface area contributed by atoms with Gasteiger partial charge >= 0.3 is 5.97 Å². The predicted molar refractivity (Wildman–Crippen MR) is 116 cm³/mol. The van der Waals surface area contributed by atoms with E-state index in [1.807, 2.05) is 0 Å². The van der Waals surface area contributed by atoms with E-state index in [1.54, 1.807) is 49.5 Å². The first kappa shape index (κ1) is 21.9. The second-order valence-electron chi connectivity index (χ2n) is 6.89. The van der Waals surface area contributed by atoms with E-state index in [0.717, 1.165) is 0 Å². The van der Waals surface area contributed by atoms with Crippen LogP contribution in [-0.2, 0) is 16.6 Å². The number of nitrogens with zero attached hydrogens (tertiary/aromatic N) is 1. The average Bonchev–Trinajstić information content (AvgIpc) is 2.80. The Labute approximate surface area is 179 Å². The van der Waals surface area contributed by atoms with Crippen LogP contribution in [0.25, 0.3) is 10.9 Å². The van der Waals surface area contributed by atoms with Gasteiger partial charge in [0.25, 0.3) is 11.5 Å². The van der Waals surface area contributed by atoms with Crippen LogP contribution in [0.4, 0.5) is 0 Å². The zero-order valence-corrected chi connectivity index (χ0v) is 17.8. The Kier molecular flexibility index (Phi) is 6.59. The number of ether oxygens (including phenoxy) is 3. The van der Waals surface area contributed by atoms with Crippen molar-refractivity contribution in [3.63, 3.8) is 0 Å². The second-order valence-corrected chi connectivity index (χ2v) is 6.89. The first-order chi connectivity index (χ1) is 14.9. The molecule has 2 aromatic carbocycles. The van der Waals surface area contributed by atoms with Crippen LogP contribution >= 0.6 is 0 Å². The Morgan fingerprint density at radius 1 is 1.00 bits per heavy atom. The van der Waals surface area contributed by atoms with Crippen molar-refractivity contribution in [3.8, 4) is 11.5 Å². The summed E-state index contributed by atoms with van der Waals surface area (Å²) in [6, 6.07) is 12.8. The fraction of sp³-hybridized carbons (Fsp3) is 0.261. The molecule has 8 heteroatoms. The molecule has 0 aliphatic rings. The van der Waals surface area contributed by atoms with E-state index in [9.17, 15) is 14.4 Å². The summed E-state index contributed by atoms with van der Waals surface area (Å²) in [5.74, 6) is 0.0154. The SMILES string of the molecule is COC(=O)CC(NC(=O)c1cc(=O)n(C)c2ccccc12)c1ccc(OC)c(OC)c1. The highest BCUT2D eigenvalue weighted by atomic mass is 16.5. The van der Waals surface area contributed by atoms with E-state index in [1.165, 1.54) is 32.0 Å². The summed E-state index contributed by atoms with van der Waals surface area (Å²) >= 11 is 0. The molecule has 1 unspecified atom stereocenters. The molecule has 0 aliphatic carbocycles. The first-order valence-corrected chi connectivity index (χ1v) is 9.58. The maximum atomic E-state index is 13.2. The quantitative estimate of drug-likeness (QED) is 0.586. The van der Waals surface area contributed by atoms with Crippen molar-refractivity contribution in [2.45, 2.75) is 12.5 Å². The van der Waals surface area contributed by atoms with E-state index in [0.29, 0.717) is 28.0 Å². The van der Waals surface area contributed by atoms with Crippen LogP contribution in [0.15, 0.2) is 53.3 Å². The molecule has 1 aromatic heterocycles. The van der Waals surface area contributed by atoms with Crippen LogP contribution in [0.2, 0.25) is 0 Å². The van der Waals surface area contributed by atoms with E-state index in [-0.39, 0.29) is 17.5 Å². The third-order valence-corrected chi connectivity index (χ3v) is 5.11. The van der Waals surface area contributed by atoms with Crippen molar-refractivity contribution in [3.05, 3.63) is 70.0 Å². The summed E-state index contributed by atoms with van der Waals surface area (Å²) in [4.78, 5) is 37.6. The van der Waals surface area contributed by atoms with Gasteiger partial charge in [0.05, 0.1) is 44.9 Å². The van der Waals surface area contributed by atoms with Crippen LogP contribution in [0.3, 0.4) is 0 Å². The molecule has 1 N–H and O–H groups in total. The second kappa shape index (κ2) is 9.34. The van der Waals surface area contributed by atoms with Gasteiger partial charge in [-0.15, -0.1) is 0 Å². The Bertz CT molecular complexity index is 1180. The number of para-hydroxylation sites is 1. The molecule has 8 nitrogen and oxygen atoms in total. The van der Waals surface area contributed by atoms with Crippen LogP contribution in [0.5, 0.6) is 11.5 Å². The van der Waals surface area contributed by atoms with E-state index < -0.39 is 17.9 Å². The molecule has 0 aliphatic heterocycles. The lowest BCUT2D eigenvalue weighted by molar-refractivity contribution is -0.141. The molecule has 3 aromatic rings. The third kappa shape index (κ3) is 4.53. The first-order valence-electron chi connectivity index (χ1n) is 9.58.